The maximum Gasteiger partial charge on any atom is 0.240 e. The Bertz CT molecular complexity index is 917. The van der Waals surface area contributed by atoms with Crippen LogP contribution in [-0.4, -0.2) is 17.5 Å². The van der Waals surface area contributed by atoms with Crippen molar-refractivity contribution >= 4 is 28.9 Å². The molecule has 0 saturated carbocycles. The molecule has 1 heterocycles. The molecule has 0 saturated heterocycles. The molecule has 2 N–H and O–H groups in total. The summed E-state index contributed by atoms with van der Waals surface area (Å²) in [5.74, 6) is -0.0672. The van der Waals surface area contributed by atoms with Crippen LogP contribution in [0.5, 0.6) is 0 Å². The first-order chi connectivity index (χ1) is 13.4. The zero-order chi connectivity index (χ0) is 20.1. The van der Waals surface area contributed by atoms with E-state index in [1.807, 2.05) is 62.4 Å². The number of hydrogen-bond donors (Lipinski definition) is 2. The van der Waals surface area contributed by atoms with Crippen LogP contribution in [0.4, 0.5) is 11.4 Å². The number of hydrogen-bond acceptors (Lipinski definition) is 5. The van der Waals surface area contributed by atoms with Gasteiger partial charge in [0.2, 0.25) is 11.8 Å². The average Bonchev–Trinajstić information content (AvgIpc) is 2.67. The second-order valence-corrected chi connectivity index (χ2v) is 6.88. The predicted molar refractivity (Wildman–Crippen MR) is 109 cm³/mol. The lowest BCUT2D eigenvalue weighted by atomic mass is 9.94. The van der Waals surface area contributed by atoms with Crippen molar-refractivity contribution in [3.05, 3.63) is 59.7 Å². The number of anilines is 1. The van der Waals surface area contributed by atoms with Gasteiger partial charge in [0.25, 0.3) is 0 Å². The lowest BCUT2D eigenvalue weighted by molar-refractivity contribution is -0.122. The lowest BCUT2D eigenvalue weighted by Gasteiger charge is -2.19. The maximum absolute atomic E-state index is 11.4. The Morgan fingerprint density at radius 3 is 2.46 bits per heavy atom. The largest absolute Gasteiger partial charge is 0.326 e. The average molecular weight is 377 g/mol. The lowest BCUT2D eigenvalue weighted by Crippen LogP contribution is -2.31. The molecule has 0 spiro atoms. The van der Waals surface area contributed by atoms with Crippen LogP contribution in [-0.2, 0) is 9.59 Å². The summed E-state index contributed by atoms with van der Waals surface area (Å²) in [6.07, 6.45) is 0.443. The molecule has 0 aromatic heterocycles. The van der Waals surface area contributed by atoms with Gasteiger partial charge in [-0.05, 0) is 42.3 Å². The van der Waals surface area contributed by atoms with Crippen LogP contribution in [0, 0.1) is 5.92 Å². The molecular weight excluding hydrogens is 354 g/mol. The van der Waals surface area contributed by atoms with Gasteiger partial charge in [0.05, 0.1) is 17.4 Å². The number of hydrazone groups is 1. The van der Waals surface area contributed by atoms with E-state index in [1.165, 1.54) is 6.92 Å². The van der Waals surface area contributed by atoms with Crippen molar-refractivity contribution < 1.29 is 9.59 Å². The number of benzene rings is 2. The number of amides is 2. The highest BCUT2D eigenvalue weighted by molar-refractivity contribution is 6.05. The van der Waals surface area contributed by atoms with Crippen LogP contribution in [0.25, 0.3) is 0 Å². The number of carbonyl (C=O) groups excluding carboxylic acids is 2. The third-order valence-corrected chi connectivity index (χ3v) is 4.48. The molecule has 1 aliphatic rings. The molecule has 0 aliphatic carbocycles. The Balaban J connectivity index is 1.65. The Morgan fingerprint density at radius 2 is 1.86 bits per heavy atom. The SMILES string of the molecule is CC(=O)Nc1ccc(C(C)N=Nc2ccc(C3=NNC(=O)CC3C)cc2)cc1. The van der Waals surface area contributed by atoms with Gasteiger partial charge in [-0.1, -0.05) is 31.2 Å². The summed E-state index contributed by atoms with van der Waals surface area (Å²) >= 11 is 0. The topological polar surface area (TPSA) is 95.3 Å². The normalized spacial score (nSPS) is 17.8. The third-order valence-electron chi connectivity index (χ3n) is 4.48. The summed E-state index contributed by atoms with van der Waals surface area (Å²) in [5.41, 5.74) is 6.88. The summed E-state index contributed by atoms with van der Waals surface area (Å²) in [4.78, 5) is 22.5. The summed E-state index contributed by atoms with van der Waals surface area (Å²) in [7, 11) is 0. The fourth-order valence-electron chi connectivity index (χ4n) is 2.97. The van der Waals surface area contributed by atoms with Crippen molar-refractivity contribution in [2.24, 2.45) is 21.2 Å². The molecule has 2 unspecified atom stereocenters. The van der Waals surface area contributed by atoms with Gasteiger partial charge in [0, 0.05) is 24.9 Å². The summed E-state index contributed by atoms with van der Waals surface area (Å²) in [6.45, 7) is 5.43. The van der Waals surface area contributed by atoms with E-state index in [0.717, 1.165) is 28.2 Å². The van der Waals surface area contributed by atoms with Crippen LogP contribution >= 0.6 is 0 Å². The monoisotopic (exact) mass is 377 g/mol. The molecule has 7 heteroatoms. The van der Waals surface area contributed by atoms with Gasteiger partial charge in [-0.2, -0.15) is 15.3 Å². The van der Waals surface area contributed by atoms with E-state index in [0.29, 0.717) is 6.42 Å². The fourth-order valence-corrected chi connectivity index (χ4v) is 2.97. The van der Waals surface area contributed by atoms with Crippen molar-refractivity contribution in [2.45, 2.75) is 33.2 Å². The van der Waals surface area contributed by atoms with Crippen LogP contribution in [0.2, 0.25) is 0 Å². The molecule has 144 valence electrons. The number of rotatable bonds is 5. The van der Waals surface area contributed by atoms with E-state index in [9.17, 15) is 9.59 Å². The van der Waals surface area contributed by atoms with Crippen molar-refractivity contribution in [2.75, 3.05) is 5.32 Å². The molecule has 1 aliphatic heterocycles. The second kappa shape index (κ2) is 8.56. The summed E-state index contributed by atoms with van der Waals surface area (Å²) in [5, 5.41) is 15.6. The number of azo groups is 1. The Kier molecular flexibility index (Phi) is 5.93. The van der Waals surface area contributed by atoms with Crippen LogP contribution in [0.3, 0.4) is 0 Å². The van der Waals surface area contributed by atoms with E-state index < -0.39 is 0 Å². The molecule has 2 aromatic carbocycles. The first-order valence-electron chi connectivity index (χ1n) is 9.17. The smallest absolute Gasteiger partial charge is 0.240 e. The maximum atomic E-state index is 11.4. The van der Waals surface area contributed by atoms with E-state index >= 15 is 0 Å². The number of carbonyl (C=O) groups is 2. The van der Waals surface area contributed by atoms with Crippen molar-refractivity contribution in [3.8, 4) is 0 Å². The third kappa shape index (κ3) is 4.88. The highest BCUT2D eigenvalue weighted by Gasteiger charge is 2.21. The second-order valence-electron chi connectivity index (χ2n) is 6.88. The minimum atomic E-state index is -0.107. The standard InChI is InChI=1S/C21H23N5O2/c1-13-12-20(28)25-26-21(13)17-6-10-19(11-7-17)24-23-14(2)16-4-8-18(9-5-16)22-15(3)27/h4-11,13-14H,12H2,1-3H3,(H,22,27)(H,25,28). The molecule has 0 fully saturated rings. The van der Waals surface area contributed by atoms with E-state index in [2.05, 4.69) is 26.1 Å². The van der Waals surface area contributed by atoms with Gasteiger partial charge in [-0.25, -0.2) is 5.43 Å². The zero-order valence-corrected chi connectivity index (χ0v) is 16.1. The van der Waals surface area contributed by atoms with E-state index in [1.54, 1.807) is 0 Å². The number of nitrogens with one attached hydrogen (secondary N) is 2. The molecule has 28 heavy (non-hydrogen) atoms. The van der Waals surface area contributed by atoms with E-state index in [-0.39, 0.29) is 23.8 Å². The van der Waals surface area contributed by atoms with Gasteiger partial charge in [0.15, 0.2) is 0 Å². The van der Waals surface area contributed by atoms with Crippen LogP contribution < -0.4 is 10.7 Å². The van der Waals surface area contributed by atoms with Crippen LogP contribution in [0.15, 0.2) is 63.9 Å². The Labute approximate surface area is 164 Å². The molecule has 3 rings (SSSR count). The summed E-state index contributed by atoms with van der Waals surface area (Å²) < 4.78 is 0. The molecule has 2 amide bonds. The van der Waals surface area contributed by atoms with Gasteiger partial charge in [-0.15, -0.1) is 0 Å². The summed E-state index contributed by atoms with van der Waals surface area (Å²) in [6, 6.07) is 15.1. The van der Waals surface area contributed by atoms with Gasteiger partial charge in [0.1, 0.15) is 0 Å². The quantitative estimate of drug-likeness (QED) is 0.758. The minimum absolute atomic E-state index is 0.0548. The predicted octanol–water partition coefficient (Wildman–Crippen LogP) is 4.35. The molecular formula is C21H23N5O2. The molecule has 2 aromatic rings. The highest BCUT2D eigenvalue weighted by atomic mass is 16.2. The number of nitrogens with zero attached hydrogens (tertiary/aromatic N) is 3. The first kappa shape index (κ1) is 19.4. The van der Waals surface area contributed by atoms with Crippen molar-refractivity contribution in [1.29, 1.82) is 0 Å². The minimum Gasteiger partial charge on any atom is -0.326 e. The molecule has 0 radical (unpaired) electrons. The van der Waals surface area contributed by atoms with E-state index in [4.69, 9.17) is 0 Å². The zero-order valence-electron chi connectivity index (χ0n) is 16.1. The van der Waals surface area contributed by atoms with Gasteiger partial charge in [-0.3, -0.25) is 9.59 Å². The highest BCUT2D eigenvalue weighted by Crippen LogP contribution is 2.23. The van der Waals surface area contributed by atoms with Gasteiger partial charge >= 0.3 is 0 Å². The van der Waals surface area contributed by atoms with Crippen molar-refractivity contribution in [3.63, 3.8) is 0 Å². The molecule has 7 nitrogen and oxygen atoms in total. The van der Waals surface area contributed by atoms with Crippen molar-refractivity contribution in [1.82, 2.24) is 5.43 Å². The van der Waals surface area contributed by atoms with Gasteiger partial charge < -0.3 is 5.32 Å². The first-order valence-corrected chi connectivity index (χ1v) is 9.17. The Morgan fingerprint density at radius 1 is 1.18 bits per heavy atom. The van der Waals surface area contributed by atoms with Crippen LogP contribution in [0.1, 0.15) is 44.4 Å². The molecule has 0 bridgehead atoms. The Hall–Kier alpha value is -3.35. The molecule has 2 atom stereocenters. The fraction of sp³-hybridized carbons (Fsp3) is 0.286.